The second-order valence-corrected chi connectivity index (χ2v) is 4.35. The highest BCUT2D eigenvalue weighted by Crippen LogP contribution is 2.10. The lowest BCUT2D eigenvalue weighted by Gasteiger charge is -2.19. The van der Waals surface area contributed by atoms with Crippen LogP contribution in [0.4, 0.5) is 0 Å². The molecule has 0 bridgehead atoms. The lowest BCUT2D eigenvalue weighted by atomic mass is 10.1. The first-order valence-electron chi connectivity index (χ1n) is 6.63. The van der Waals surface area contributed by atoms with Gasteiger partial charge in [0.25, 0.3) is 0 Å². The second kappa shape index (κ2) is 10.2. The summed E-state index contributed by atoms with van der Waals surface area (Å²) in [6.07, 6.45) is 7.70. The van der Waals surface area contributed by atoms with Gasteiger partial charge < -0.3 is 4.90 Å². The lowest BCUT2D eigenvalue weighted by Crippen LogP contribution is -2.25. The van der Waals surface area contributed by atoms with Gasteiger partial charge in [0.05, 0.1) is 0 Å². The van der Waals surface area contributed by atoms with E-state index in [1.54, 1.807) is 0 Å². The van der Waals surface area contributed by atoms with Crippen molar-refractivity contribution in [2.24, 2.45) is 0 Å². The smallest absolute Gasteiger partial charge is 0.00189 e. The maximum absolute atomic E-state index is 4.04. The number of rotatable bonds is 10. The molecule has 0 aliphatic carbocycles. The van der Waals surface area contributed by atoms with Gasteiger partial charge in [0, 0.05) is 0 Å². The molecule has 0 aliphatic heterocycles. The lowest BCUT2D eigenvalue weighted by molar-refractivity contribution is 0.281. The monoisotopic (exact) mass is 211 g/mol. The van der Waals surface area contributed by atoms with Crippen LogP contribution in [0.5, 0.6) is 0 Å². The minimum atomic E-state index is 1.15. The number of unbranched alkanes of at least 4 members (excludes halogenated alkanes) is 2. The Hall–Kier alpha value is -0.300. The number of hydrogen-bond donors (Lipinski definition) is 0. The van der Waals surface area contributed by atoms with E-state index < -0.39 is 0 Å². The van der Waals surface area contributed by atoms with Crippen molar-refractivity contribution in [1.29, 1.82) is 0 Å². The number of allylic oxidation sites excluding steroid dienone is 1. The van der Waals surface area contributed by atoms with Crippen LogP contribution in [0.2, 0.25) is 0 Å². The average Bonchev–Trinajstić information content (AvgIpc) is 2.26. The first-order valence-corrected chi connectivity index (χ1v) is 6.63. The maximum Gasteiger partial charge on any atom is -0.00189 e. The van der Waals surface area contributed by atoms with Crippen LogP contribution in [-0.4, -0.2) is 24.5 Å². The molecule has 90 valence electrons. The van der Waals surface area contributed by atoms with Crippen molar-refractivity contribution in [1.82, 2.24) is 4.90 Å². The zero-order chi connectivity index (χ0) is 11.5. The first-order chi connectivity index (χ1) is 7.24. The van der Waals surface area contributed by atoms with Gasteiger partial charge in [0.1, 0.15) is 0 Å². The second-order valence-electron chi connectivity index (χ2n) is 4.35. The third-order valence-electron chi connectivity index (χ3n) is 2.99. The summed E-state index contributed by atoms with van der Waals surface area (Å²) >= 11 is 0. The highest BCUT2D eigenvalue weighted by molar-refractivity contribution is 4.91. The topological polar surface area (TPSA) is 3.24 Å². The van der Waals surface area contributed by atoms with Gasteiger partial charge in [-0.1, -0.05) is 39.3 Å². The minimum Gasteiger partial charge on any atom is -0.304 e. The Kier molecular flexibility index (Phi) is 10.0. The molecule has 0 fully saturated rings. The van der Waals surface area contributed by atoms with Gasteiger partial charge in [-0.3, -0.25) is 0 Å². The quantitative estimate of drug-likeness (QED) is 0.386. The molecule has 0 heterocycles. The zero-order valence-corrected chi connectivity index (χ0v) is 11.0. The Morgan fingerprint density at radius 2 is 1.73 bits per heavy atom. The van der Waals surface area contributed by atoms with Gasteiger partial charge >= 0.3 is 0 Å². The van der Waals surface area contributed by atoms with E-state index in [-0.39, 0.29) is 0 Å². The first kappa shape index (κ1) is 14.7. The molecule has 0 N–H and O–H groups in total. The van der Waals surface area contributed by atoms with E-state index >= 15 is 0 Å². The van der Waals surface area contributed by atoms with E-state index in [1.165, 1.54) is 57.3 Å². The van der Waals surface area contributed by atoms with Crippen LogP contribution in [0, 0.1) is 0 Å². The van der Waals surface area contributed by atoms with E-state index in [9.17, 15) is 0 Å². The standard InChI is InChI=1S/C14H29N/c1-5-12-15(7-3)13-10-8-9-11-14(4)6-2/h4-13H2,1-3H3. The van der Waals surface area contributed by atoms with Gasteiger partial charge in [0.15, 0.2) is 0 Å². The van der Waals surface area contributed by atoms with Crippen LogP contribution in [-0.2, 0) is 0 Å². The van der Waals surface area contributed by atoms with Crippen molar-refractivity contribution in [2.75, 3.05) is 19.6 Å². The summed E-state index contributed by atoms with van der Waals surface area (Å²) in [4.78, 5) is 2.55. The highest BCUT2D eigenvalue weighted by Gasteiger charge is 1.99. The van der Waals surface area contributed by atoms with Crippen molar-refractivity contribution in [3.8, 4) is 0 Å². The summed E-state index contributed by atoms with van der Waals surface area (Å²) in [5.41, 5.74) is 1.41. The van der Waals surface area contributed by atoms with E-state index in [0.717, 1.165) is 6.42 Å². The fraction of sp³-hybridized carbons (Fsp3) is 0.857. The third kappa shape index (κ3) is 8.68. The minimum absolute atomic E-state index is 1.15. The van der Waals surface area contributed by atoms with Crippen LogP contribution in [0.1, 0.15) is 59.3 Å². The van der Waals surface area contributed by atoms with E-state index in [2.05, 4.69) is 32.3 Å². The molecule has 0 saturated carbocycles. The normalized spacial score (nSPS) is 10.9. The number of nitrogens with zero attached hydrogens (tertiary/aromatic N) is 1. The Balaban J connectivity index is 3.32. The van der Waals surface area contributed by atoms with E-state index in [0.29, 0.717) is 0 Å². The number of hydrogen-bond acceptors (Lipinski definition) is 1. The van der Waals surface area contributed by atoms with Crippen LogP contribution in [0.25, 0.3) is 0 Å². The van der Waals surface area contributed by atoms with Crippen LogP contribution in [0.15, 0.2) is 12.2 Å². The SMILES string of the molecule is C=C(CC)CCCCCN(CC)CCC. The molecule has 15 heavy (non-hydrogen) atoms. The maximum atomic E-state index is 4.04. The Labute approximate surface area is 96.6 Å². The van der Waals surface area contributed by atoms with Crippen molar-refractivity contribution in [2.45, 2.75) is 59.3 Å². The highest BCUT2D eigenvalue weighted by atomic mass is 15.1. The molecule has 0 aromatic rings. The molecule has 0 radical (unpaired) electrons. The average molecular weight is 211 g/mol. The molecule has 0 amide bonds. The summed E-state index contributed by atoms with van der Waals surface area (Å²) in [6.45, 7) is 14.5. The molecule has 0 atom stereocenters. The van der Waals surface area contributed by atoms with Crippen molar-refractivity contribution in [3.63, 3.8) is 0 Å². The molecule has 0 aliphatic rings. The fourth-order valence-corrected chi connectivity index (χ4v) is 1.81. The molecule has 0 aromatic heterocycles. The van der Waals surface area contributed by atoms with Gasteiger partial charge in [-0.15, -0.1) is 0 Å². The van der Waals surface area contributed by atoms with Crippen LogP contribution >= 0.6 is 0 Å². The predicted molar refractivity (Wildman–Crippen MR) is 70.3 cm³/mol. The van der Waals surface area contributed by atoms with E-state index in [4.69, 9.17) is 0 Å². The van der Waals surface area contributed by atoms with Crippen LogP contribution in [0.3, 0.4) is 0 Å². The predicted octanol–water partition coefficient (Wildman–Crippen LogP) is 4.24. The summed E-state index contributed by atoms with van der Waals surface area (Å²) in [5.74, 6) is 0. The Bertz CT molecular complexity index is 151. The van der Waals surface area contributed by atoms with Gasteiger partial charge in [-0.05, 0) is 51.7 Å². The summed E-state index contributed by atoms with van der Waals surface area (Å²) in [7, 11) is 0. The molecule has 0 rings (SSSR count). The van der Waals surface area contributed by atoms with Crippen molar-refractivity contribution in [3.05, 3.63) is 12.2 Å². The summed E-state index contributed by atoms with van der Waals surface area (Å²) in [5, 5.41) is 0. The van der Waals surface area contributed by atoms with Gasteiger partial charge in [0.2, 0.25) is 0 Å². The fourth-order valence-electron chi connectivity index (χ4n) is 1.81. The Morgan fingerprint density at radius 1 is 1.00 bits per heavy atom. The van der Waals surface area contributed by atoms with Crippen molar-refractivity contribution >= 4 is 0 Å². The van der Waals surface area contributed by atoms with E-state index in [1.807, 2.05) is 0 Å². The molecule has 0 saturated heterocycles. The molecule has 0 spiro atoms. The molecular weight excluding hydrogens is 182 g/mol. The summed E-state index contributed by atoms with van der Waals surface area (Å²) < 4.78 is 0. The molecule has 1 nitrogen and oxygen atoms in total. The summed E-state index contributed by atoms with van der Waals surface area (Å²) in [6, 6.07) is 0. The van der Waals surface area contributed by atoms with Crippen LogP contribution < -0.4 is 0 Å². The molecule has 1 heteroatoms. The third-order valence-corrected chi connectivity index (χ3v) is 2.99. The zero-order valence-electron chi connectivity index (χ0n) is 11.0. The van der Waals surface area contributed by atoms with Gasteiger partial charge in [-0.2, -0.15) is 0 Å². The molecule has 0 unspecified atom stereocenters. The van der Waals surface area contributed by atoms with Gasteiger partial charge in [-0.25, -0.2) is 0 Å². The largest absolute Gasteiger partial charge is 0.304 e. The molecule has 0 aromatic carbocycles. The van der Waals surface area contributed by atoms with Crippen molar-refractivity contribution < 1.29 is 0 Å². The molecular formula is C14H29N. The Morgan fingerprint density at radius 3 is 2.27 bits per heavy atom.